The highest BCUT2D eigenvalue weighted by atomic mass is 16.7. The van der Waals surface area contributed by atoms with Crippen molar-refractivity contribution in [3.63, 3.8) is 0 Å². The second-order valence-electron chi connectivity index (χ2n) is 3.95. The van der Waals surface area contributed by atoms with Crippen LogP contribution >= 0.6 is 0 Å². The summed E-state index contributed by atoms with van der Waals surface area (Å²) in [5.41, 5.74) is 0. The molecule has 0 aromatic carbocycles. The molecule has 1 rings (SSSR count). The van der Waals surface area contributed by atoms with Crippen molar-refractivity contribution in [2.45, 2.75) is 0 Å². The van der Waals surface area contributed by atoms with Crippen molar-refractivity contribution < 1.29 is 23.8 Å². The molecule has 108 valence electrons. The molecule has 0 radical (unpaired) electrons. The molecular formula is C12H20N2O5. The molecule has 19 heavy (non-hydrogen) atoms. The number of methoxy groups -OCH3 is 1. The van der Waals surface area contributed by atoms with Crippen LogP contribution in [-0.2, 0) is 14.2 Å². The second-order valence-corrected chi connectivity index (χ2v) is 3.95. The minimum absolute atomic E-state index is 0.0555. The predicted octanol–water partition coefficient (Wildman–Crippen LogP) is 0.710. The van der Waals surface area contributed by atoms with Crippen molar-refractivity contribution >= 4 is 12.2 Å². The molecule has 0 aromatic rings. The van der Waals surface area contributed by atoms with Gasteiger partial charge in [0, 0.05) is 26.7 Å². The van der Waals surface area contributed by atoms with E-state index in [0.29, 0.717) is 32.8 Å². The van der Waals surface area contributed by atoms with Gasteiger partial charge in [0.1, 0.15) is 13.2 Å². The predicted molar refractivity (Wildman–Crippen MR) is 67.9 cm³/mol. The van der Waals surface area contributed by atoms with Crippen LogP contribution in [0.3, 0.4) is 0 Å². The molecule has 0 spiro atoms. The van der Waals surface area contributed by atoms with Gasteiger partial charge in [-0.1, -0.05) is 12.7 Å². The Labute approximate surface area is 112 Å². The summed E-state index contributed by atoms with van der Waals surface area (Å²) in [6, 6.07) is -0.0555. The summed E-state index contributed by atoms with van der Waals surface area (Å²) >= 11 is 0. The molecule has 7 nitrogen and oxygen atoms in total. The maximum Gasteiger partial charge on any atom is 0.508 e. The average Bonchev–Trinajstić information content (AvgIpc) is 2.75. The van der Waals surface area contributed by atoms with Crippen molar-refractivity contribution in [3.8, 4) is 0 Å². The Morgan fingerprint density at radius 1 is 1.26 bits per heavy atom. The van der Waals surface area contributed by atoms with Crippen LogP contribution in [0.15, 0.2) is 12.7 Å². The summed E-state index contributed by atoms with van der Waals surface area (Å²) in [6.07, 6.45) is 0.710. The molecule has 0 saturated carbocycles. The van der Waals surface area contributed by atoms with Gasteiger partial charge in [-0.05, 0) is 0 Å². The number of carbonyl (C=O) groups is 2. The largest absolute Gasteiger partial charge is 0.508 e. The summed E-state index contributed by atoms with van der Waals surface area (Å²) in [6.45, 7) is 6.42. The first kappa shape index (κ1) is 15.3. The summed E-state index contributed by atoms with van der Waals surface area (Å²) in [5, 5.41) is 0. The second kappa shape index (κ2) is 8.36. The topological polar surface area (TPSA) is 68.3 Å². The van der Waals surface area contributed by atoms with Crippen LogP contribution in [0.5, 0.6) is 0 Å². The number of hydrogen-bond donors (Lipinski definition) is 0. The number of ether oxygens (including phenoxy) is 3. The molecule has 2 amide bonds. The van der Waals surface area contributed by atoms with Crippen molar-refractivity contribution in [1.82, 2.24) is 9.80 Å². The number of amides is 2. The lowest BCUT2D eigenvalue weighted by Crippen LogP contribution is -2.35. The SMILES string of the molecule is C=CCOC(=O)OCCN1CCN(CCOC)C1=O. The van der Waals surface area contributed by atoms with Crippen LogP contribution in [0.1, 0.15) is 0 Å². The molecule has 0 bridgehead atoms. The Morgan fingerprint density at radius 3 is 2.47 bits per heavy atom. The molecule has 0 aliphatic carbocycles. The zero-order valence-electron chi connectivity index (χ0n) is 11.2. The van der Waals surface area contributed by atoms with Gasteiger partial charge < -0.3 is 24.0 Å². The lowest BCUT2D eigenvalue weighted by molar-refractivity contribution is 0.0585. The van der Waals surface area contributed by atoms with Gasteiger partial charge >= 0.3 is 12.2 Å². The van der Waals surface area contributed by atoms with Gasteiger partial charge in [0.05, 0.1) is 13.2 Å². The first-order valence-electron chi connectivity index (χ1n) is 6.12. The third-order valence-electron chi connectivity index (χ3n) is 2.65. The molecular weight excluding hydrogens is 252 g/mol. The summed E-state index contributed by atoms with van der Waals surface area (Å²) < 4.78 is 14.4. The van der Waals surface area contributed by atoms with Crippen LogP contribution in [0, 0.1) is 0 Å². The molecule has 0 aromatic heterocycles. The third-order valence-corrected chi connectivity index (χ3v) is 2.65. The van der Waals surface area contributed by atoms with Crippen molar-refractivity contribution in [2.75, 3.05) is 53.1 Å². The van der Waals surface area contributed by atoms with Gasteiger partial charge in [-0.25, -0.2) is 9.59 Å². The van der Waals surface area contributed by atoms with Crippen LogP contribution in [0.4, 0.5) is 9.59 Å². The van der Waals surface area contributed by atoms with E-state index in [-0.39, 0.29) is 19.2 Å². The van der Waals surface area contributed by atoms with E-state index in [4.69, 9.17) is 9.47 Å². The standard InChI is InChI=1S/C12H20N2O5/c1-3-8-18-12(16)19-10-7-14-5-4-13(11(14)15)6-9-17-2/h3H,1,4-10H2,2H3. The van der Waals surface area contributed by atoms with E-state index < -0.39 is 6.16 Å². The fourth-order valence-electron chi connectivity index (χ4n) is 1.66. The highest BCUT2D eigenvalue weighted by Gasteiger charge is 2.27. The first-order valence-corrected chi connectivity index (χ1v) is 6.12. The molecule has 1 aliphatic heterocycles. The minimum atomic E-state index is -0.747. The number of carbonyl (C=O) groups excluding carboxylic acids is 2. The fraction of sp³-hybridized carbons (Fsp3) is 0.667. The maximum atomic E-state index is 11.9. The number of urea groups is 1. The van der Waals surface area contributed by atoms with Gasteiger partial charge in [0.2, 0.25) is 0 Å². The maximum absolute atomic E-state index is 11.9. The lowest BCUT2D eigenvalue weighted by Gasteiger charge is -2.18. The highest BCUT2D eigenvalue weighted by Crippen LogP contribution is 2.07. The van der Waals surface area contributed by atoms with Gasteiger partial charge in [-0.15, -0.1) is 0 Å². The van der Waals surface area contributed by atoms with E-state index in [0.717, 1.165) is 0 Å². The summed E-state index contributed by atoms with van der Waals surface area (Å²) in [7, 11) is 1.60. The third kappa shape index (κ3) is 5.17. The zero-order chi connectivity index (χ0) is 14.1. The smallest absolute Gasteiger partial charge is 0.432 e. The Morgan fingerprint density at radius 2 is 1.89 bits per heavy atom. The van der Waals surface area contributed by atoms with Gasteiger partial charge in [-0.3, -0.25) is 0 Å². The van der Waals surface area contributed by atoms with Crippen molar-refractivity contribution in [2.24, 2.45) is 0 Å². The fourth-order valence-corrected chi connectivity index (χ4v) is 1.66. The Balaban J connectivity index is 2.18. The highest BCUT2D eigenvalue weighted by molar-refractivity contribution is 5.76. The average molecular weight is 272 g/mol. The van der Waals surface area contributed by atoms with Crippen LogP contribution in [-0.4, -0.2) is 75.1 Å². The van der Waals surface area contributed by atoms with Crippen LogP contribution < -0.4 is 0 Å². The van der Waals surface area contributed by atoms with Crippen molar-refractivity contribution in [1.29, 1.82) is 0 Å². The van der Waals surface area contributed by atoms with Crippen LogP contribution in [0.2, 0.25) is 0 Å². The van der Waals surface area contributed by atoms with Crippen molar-refractivity contribution in [3.05, 3.63) is 12.7 Å². The number of hydrogen-bond acceptors (Lipinski definition) is 5. The molecule has 1 fully saturated rings. The van der Waals surface area contributed by atoms with E-state index in [1.807, 2.05) is 0 Å². The Hall–Kier alpha value is -1.76. The normalized spacial score (nSPS) is 14.7. The Bertz CT molecular complexity index is 321. The van der Waals surface area contributed by atoms with E-state index in [1.165, 1.54) is 6.08 Å². The first-order chi connectivity index (χ1) is 9.19. The lowest BCUT2D eigenvalue weighted by atomic mass is 10.5. The zero-order valence-corrected chi connectivity index (χ0v) is 11.2. The van der Waals surface area contributed by atoms with Gasteiger partial charge in [0.15, 0.2) is 0 Å². The Kier molecular flexibility index (Phi) is 6.73. The monoisotopic (exact) mass is 272 g/mol. The summed E-state index contributed by atoms with van der Waals surface area (Å²) in [4.78, 5) is 26.3. The molecule has 1 aliphatic rings. The quantitative estimate of drug-likeness (QED) is 0.481. The summed E-state index contributed by atoms with van der Waals surface area (Å²) in [5.74, 6) is 0. The van der Waals surface area contributed by atoms with E-state index in [2.05, 4.69) is 11.3 Å². The molecule has 0 atom stereocenters. The van der Waals surface area contributed by atoms with E-state index in [9.17, 15) is 9.59 Å². The molecule has 7 heteroatoms. The number of rotatable bonds is 8. The molecule has 0 N–H and O–H groups in total. The minimum Gasteiger partial charge on any atom is -0.432 e. The molecule has 1 saturated heterocycles. The van der Waals surface area contributed by atoms with Gasteiger partial charge in [0.25, 0.3) is 0 Å². The van der Waals surface area contributed by atoms with E-state index in [1.54, 1.807) is 16.9 Å². The van der Waals surface area contributed by atoms with E-state index >= 15 is 0 Å². The molecule has 1 heterocycles. The van der Waals surface area contributed by atoms with Crippen LogP contribution in [0.25, 0.3) is 0 Å². The van der Waals surface area contributed by atoms with Gasteiger partial charge in [-0.2, -0.15) is 0 Å². The molecule has 0 unspecified atom stereocenters. The number of nitrogens with zero attached hydrogens (tertiary/aromatic N) is 2.